The number of unbranched alkanes of at least 4 members (excludes halogenated alkanes) is 1. The van der Waals surface area contributed by atoms with Crippen molar-refractivity contribution in [2.45, 2.75) is 39.2 Å². The minimum Gasteiger partial charge on any atom is -0.484 e. The maximum absolute atomic E-state index is 11.6. The monoisotopic (exact) mass is 280 g/mol. The summed E-state index contributed by atoms with van der Waals surface area (Å²) in [6.07, 6.45) is 3.08. The molecule has 20 heavy (non-hydrogen) atoms. The fourth-order valence-corrected chi connectivity index (χ4v) is 1.73. The van der Waals surface area contributed by atoms with Crippen molar-refractivity contribution < 1.29 is 14.5 Å². The molecule has 0 heterocycles. The molecule has 110 valence electrons. The van der Waals surface area contributed by atoms with Gasteiger partial charge in [0.25, 0.3) is 11.6 Å². The number of nitrogens with one attached hydrogen (secondary N) is 1. The number of ether oxygens (including phenoxy) is 1. The maximum atomic E-state index is 11.6. The fraction of sp³-hybridized carbons (Fsp3) is 0.500. The van der Waals surface area contributed by atoms with Gasteiger partial charge in [0, 0.05) is 12.1 Å². The summed E-state index contributed by atoms with van der Waals surface area (Å²) < 4.78 is 5.25. The number of carbonyl (C=O) groups excluding carboxylic acids is 1. The highest BCUT2D eigenvalue weighted by Gasteiger charge is 2.10. The SMILES string of the molecule is CCCCC(C)NC(=O)COc1cccc([N+](=O)[O-])c1. The van der Waals surface area contributed by atoms with Gasteiger partial charge in [-0.2, -0.15) is 0 Å². The van der Waals surface area contributed by atoms with Crippen molar-refractivity contribution in [3.8, 4) is 5.75 Å². The molecule has 1 aromatic carbocycles. The van der Waals surface area contributed by atoms with Crippen LogP contribution in [0.5, 0.6) is 5.75 Å². The summed E-state index contributed by atoms with van der Waals surface area (Å²) in [5.74, 6) is 0.0932. The minimum atomic E-state index is -0.500. The van der Waals surface area contributed by atoms with Gasteiger partial charge < -0.3 is 10.1 Å². The lowest BCUT2D eigenvalue weighted by molar-refractivity contribution is -0.384. The molecule has 0 radical (unpaired) electrons. The van der Waals surface area contributed by atoms with Gasteiger partial charge >= 0.3 is 0 Å². The molecule has 0 spiro atoms. The van der Waals surface area contributed by atoms with Crippen molar-refractivity contribution in [2.24, 2.45) is 0 Å². The summed E-state index contributed by atoms with van der Waals surface area (Å²) in [5.41, 5.74) is -0.0563. The molecule has 1 N–H and O–H groups in total. The summed E-state index contributed by atoms with van der Waals surface area (Å²) >= 11 is 0. The Balaban J connectivity index is 2.41. The first-order valence-corrected chi connectivity index (χ1v) is 6.69. The lowest BCUT2D eigenvalue weighted by Crippen LogP contribution is -2.36. The number of non-ortho nitro benzene ring substituents is 1. The number of nitro groups is 1. The third kappa shape index (κ3) is 5.69. The number of nitrogens with zero attached hydrogens (tertiary/aromatic N) is 1. The second-order valence-electron chi connectivity index (χ2n) is 4.65. The smallest absolute Gasteiger partial charge is 0.273 e. The molecule has 0 saturated carbocycles. The van der Waals surface area contributed by atoms with E-state index >= 15 is 0 Å². The van der Waals surface area contributed by atoms with Crippen LogP contribution in [-0.2, 0) is 4.79 Å². The average molecular weight is 280 g/mol. The fourth-order valence-electron chi connectivity index (χ4n) is 1.73. The van der Waals surface area contributed by atoms with Gasteiger partial charge in [0.05, 0.1) is 11.0 Å². The van der Waals surface area contributed by atoms with Crippen LogP contribution < -0.4 is 10.1 Å². The van der Waals surface area contributed by atoms with Crippen molar-refractivity contribution in [3.63, 3.8) is 0 Å². The Morgan fingerprint density at radius 3 is 2.90 bits per heavy atom. The van der Waals surface area contributed by atoms with Crippen LogP contribution in [0, 0.1) is 10.1 Å². The predicted octanol–water partition coefficient (Wildman–Crippen LogP) is 2.67. The molecule has 0 aliphatic heterocycles. The van der Waals surface area contributed by atoms with Crippen molar-refractivity contribution >= 4 is 11.6 Å². The zero-order valence-electron chi connectivity index (χ0n) is 11.8. The summed E-state index contributed by atoms with van der Waals surface area (Å²) in [6.45, 7) is 3.90. The van der Waals surface area contributed by atoms with E-state index in [4.69, 9.17) is 4.74 Å². The van der Waals surface area contributed by atoms with E-state index in [0.717, 1.165) is 19.3 Å². The lowest BCUT2D eigenvalue weighted by atomic mass is 10.1. The molecule has 1 unspecified atom stereocenters. The molecule has 6 nitrogen and oxygen atoms in total. The Bertz CT molecular complexity index is 462. The summed E-state index contributed by atoms with van der Waals surface area (Å²) in [7, 11) is 0. The van der Waals surface area contributed by atoms with Crippen LogP contribution in [0.15, 0.2) is 24.3 Å². The standard InChI is InChI=1S/C14H20N2O4/c1-3-4-6-11(2)15-14(17)10-20-13-8-5-7-12(9-13)16(18)19/h5,7-9,11H,3-4,6,10H2,1-2H3,(H,15,17). The van der Waals surface area contributed by atoms with Crippen molar-refractivity contribution in [1.82, 2.24) is 5.32 Å². The predicted molar refractivity (Wildman–Crippen MR) is 75.7 cm³/mol. The topological polar surface area (TPSA) is 81.5 Å². The Kier molecular flexibility index (Phi) is 6.49. The van der Waals surface area contributed by atoms with E-state index in [-0.39, 0.29) is 24.2 Å². The van der Waals surface area contributed by atoms with Crippen LogP contribution in [0.3, 0.4) is 0 Å². The van der Waals surface area contributed by atoms with E-state index in [9.17, 15) is 14.9 Å². The number of hydrogen-bond donors (Lipinski definition) is 1. The van der Waals surface area contributed by atoms with E-state index in [1.165, 1.54) is 18.2 Å². The zero-order valence-corrected chi connectivity index (χ0v) is 11.8. The van der Waals surface area contributed by atoms with Gasteiger partial charge in [0.15, 0.2) is 6.61 Å². The van der Waals surface area contributed by atoms with Crippen molar-refractivity contribution in [2.75, 3.05) is 6.61 Å². The van der Waals surface area contributed by atoms with Gasteiger partial charge in [-0.05, 0) is 19.4 Å². The molecule has 0 fully saturated rings. The molecule has 0 aliphatic rings. The Labute approximate surface area is 118 Å². The summed E-state index contributed by atoms with van der Waals surface area (Å²) in [4.78, 5) is 21.7. The highest BCUT2D eigenvalue weighted by atomic mass is 16.6. The molecule has 6 heteroatoms. The van der Waals surface area contributed by atoms with Gasteiger partial charge in [0.1, 0.15) is 5.75 Å². The van der Waals surface area contributed by atoms with Crippen LogP contribution in [0.1, 0.15) is 33.1 Å². The minimum absolute atomic E-state index is 0.0563. The van der Waals surface area contributed by atoms with Gasteiger partial charge in [-0.25, -0.2) is 0 Å². The highest BCUT2D eigenvalue weighted by Crippen LogP contribution is 2.18. The van der Waals surface area contributed by atoms with Gasteiger partial charge in [-0.3, -0.25) is 14.9 Å². The van der Waals surface area contributed by atoms with Gasteiger partial charge in [-0.15, -0.1) is 0 Å². The van der Waals surface area contributed by atoms with E-state index in [0.29, 0.717) is 5.75 Å². The molecule has 1 atom stereocenters. The number of rotatable bonds is 8. The molecule has 0 bridgehead atoms. The van der Waals surface area contributed by atoms with Crippen LogP contribution >= 0.6 is 0 Å². The van der Waals surface area contributed by atoms with Crippen LogP contribution in [0.2, 0.25) is 0 Å². The first-order chi connectivity index (χ1) is 9.52. The van der Waals surface area contributed by atoms with Crippen molar-refractivity contribution in [1.29, 1.82) is 0 Å². The molecule has 0 aliphatic carbocycles. The normalized spacial score (nSPS) is 11.7. The van der Waals surface area contributed by atoms with E-state index in [1.54, 1.807) is 6.07 Å². The molecular formula is C14H20N2O4. The van der Waals surface area contributed by atoms with Gasteiger partial charge in [0.2, 0.25) is 0 Å². The first-order valence-electron chi connectivity index (χ1n) is 6.69. The second-order valence-corrected chi connectivity index (χ2v) is 4.65. The van der Waals surface area contributed by atoms with Gasteiger partial charge in [-0.1, -0.05) is 25.8 Å². The van der Waals surface area contributed by atoms with Crippen LogP contribution in [-0.4, -0.2) is 23.5 Å². The van der Waals surface area contributed by atoms with Crippen LogP contribution in [0.25, 0.3) is 0 Å². The lowest BCUT2D eigenvalue weighted by Gasteiger charge is -2.13. The quantitative estimate of drug-likeness (QED) is 0.586. The highest BCUT2D eigenvalue weighted by molar-refractivity contribution is 5.77. The Morgan fingerprint density at radius 2 is 2.25 bits per heavy atom. The molecule has 1 aromatic rings. The maximum Gasteiger partial charge on any atom is 0.273 e. The van der Waals surface area contributed by atoms with Crippen molar-refractivity contribution in [3.05, 3.63) is 34.4 Å². The first kappa shape index (κ1) is 15.9. The zero-order chi connectivity index (χ0) is 15.0. The summed E-state index contributed by atoms with van der Waals surface area (Å²) in [5, 5.41) is 13.4. The van der Waals surface area contributed by atoms with E-state index in [2.05, 4.69) is 12.2 Å². The molecule has 1 amide bonds. The van der Waals surface area contributed by atoms with E-state index < -0.39 is 4.92 Å². The number of amides is 1. The number of nitro benzene ring substituents is 1. The molecule has 0 aromatic heterocycles. The third-order valence-electron chi connectivity index (χ3n) is 2.80. The largest absolute Gasteiger partial charge is 0.484 e. The molecule has 0 saturated heterocycles. The third-order valence-corrected chi connectivity index (χ3v) is 2.80. The second kappa shape index (κ2) is 8.14. The number of carbonyl (C=O) groups is 1. The van der Waals surface area contributed by atoms with E-state index in [1.807, 2.05) is 6.92 Å². The number of benzene rings is 1. The average Bonchev–Trinajstić information content (AvgIpc) is 2.43. The number of hydrogen-bond acceptors (Lipinski definition) is 4. The Hall–Kier alpha value is -2.11. The van der Waals surface area contributed by atoms with Crippen LogP contribution in [0.4, 0.5) is 5.69 Å². The molecule has 1 rings (SSSR count). The molecular weight excluding hydrogens is 260 g/mol. The summed E-state index contributed by atoms with van der Waals surface area (Å²) in [6, 6.07) is 5.89. The Morgan fingerprint density at radius 1 is 1.50 bits per heavy atom.